The number of ether oxygens (including phenoxy) is 1. The summed E-state index contributed by atoms with van der Waals surface area (Å²) in [5, 5.41) is 9.58. The van der Waals surface area contributed by atoms with Crippen molar-refractivity contribution in [3.05, 3.63) is 29.3 Å². The standard InChI is InChI=1S/C12H15F2NO2.ClH/c13-8-5-9(14)11(10(16)6-8)12(15)7-1-3-17-4-2-7;/h5-7,12,16H,1-4,15H2;1H/t12-;/m0./s1. The Morgan fingerprint density at radius 1 is 1.28 bits per heavy atom. The molecule has 1 saturated heterocycles. The number of hydrogen-bond donors (Lipinski definition) is 2. The molecule has 3 nitrogen and oxygen atoms in total. The maximum Gasteiger partial charge on any atom is 0.134 e. The van der Waals surface area contributed by atoms with Gasteiger partial charge in [-0.1, -0.05) is 0 Å². The predicted octanol–water partition coefficient (Wildman–Crippen LogP) is 2.52. The third-order valence-corrected chi connectivity index (χ3v) is 3.18. The minimum Gasteiger partial charge on any atom is -0.507 e. The van der Waals surface area contributed by atoms with Gasteiger partial charge in [0.25, 0.3) is 0 Å². The molecule has 1 heterocycles. The van der Waals surface area contributed by atoms with Crippen molar-refractivity contribution in [3.63, 3.8) is 0 Å². The molecule has 0 amide bonds. The summed E-state index contributed by atoms with van der Waals surface area (Å²) in [6, 6.07) is 1.01. The zero-order valence-electron chi connectivity index (χ0n) is 9.73. The lowest BCUT2D eigenvalue weighted by atomic mass is 9.87. The first kappa shape index (κ1) is 15.1. The molecule has 6 heteroatoms. The van der Waals surface area contributed by atoms with E-state index in [0.29, 0.717) is 13.2 Å². The van der Waals surface area contributed by atoms with Crippen LogP contribution in [0, 0.1) is 17.6 Å². The first-order valence-electron chi connectivity index (χ1n) is 5.61. The van der Waals surface area contributed by atoms with Gasteiger partial charge < -0.3 is 15.6 Å². The van der Waals surface area contributed by atoms with Crippen LogP contribution in [0.2, 0.25) is 0 Å². The summed E-state index contributed by atoms with van der Waals surface area (Å²) >= 11 is 0. The number of benzene rings is 1. The Bertz CT molecular complexity index is 388. The number of halogens is 3. The Kier molecular flexibility index (Phi) is 5.31. The molecule has 1 aliphatic heterocycles. The number of rotatable bonds is 2. The normalized spacial score (nSPS) is 18.2. The molecule has 3 N–H and O–H groups in total. The fraction of sp³-hybridized carbons (Fsp3) is 0.500. The van der Waals surface area contributed by atoms with Crippen LogP contribution >= 0.6 is 12.4 Å². The van der Waals surface area contributed by atoms with Gasteiger partial charge in [0.1, 0.15) is 17.4 Å². The molecule has 0 radical (unpaired) electrons. The minimum absolute atomic E-state index is 0. The van der Waals surface area contributed by atoms with Crippen molar-refractivity contribution in [2.45, 2.75) is 18.9 Å². The molecule has 1 atom stereocenters. The monoisotopic (exact) mass is 279 g/mol. The van der Waals surface area contributed by atoms with E-state index in [4.69, 9.17) is 10.5 Å². The Morgan fingerprint density at radius 2 is 1.89 bits per heavy atom. The van der Waals surface area contributed by atoms with E-state index in [0.717, 1.165) is 25.0 Å². The zero-order valence-corrected chi connectivity index (χ0v) is 10.6. The second-order valence-corrected chi connectivity index (χ2v) is 4.30. The highest BCUT2D eigenvalue weighted by atomic mass is 35.5. The highest BCUT2D eigenvalue weighted by molar-refractivity contribution is 5.85. The number of hydrogen-bond acceptors (Lipinski definition) is 3. The number of phenolic OH excluding ortho intramolecular Hbond substituents is 1. The first-order chi connectivity index (χ1) is 8.09. The molecule has 1 aromatic rings. The number of phenols is 1. The van der Waals surface area contributed by atoms with Gasteiger partial charge in [-0.3, -0.25) is 0 Å². The Morgan fingerprint density at radius 3 is 2.44 bits per heavy atom. The lowest BCUT2D eigenvalue weighted by molar-refractivity contribution is 0.0577. The zero-order chi connectivity index (χ0) is 12.4. The molecule has 0 unspecified atom stereocenters. The van der Waals surface area contributed by atoms with Crippen LogP contribution in [0.4, 0.5) is 8.78 Å². The summed E-state index contributed by atoms with van der Waals surface area (Å²) in [6.45, 7) is 1.17. The topological polar surface area (TPSA) is 55.5 Å². The third-order valence-electron chi connectivity index (χ3n) is 3.18. The van der Waals surface area contributed by atoms with Gasteiger partial charge in [0.05, 0.1) is 0 Å². The van der Waals surface area contributed by atoms with Gasteiger partial charge in [-0.05, 0) is 18.8 Å². The number of aromatic hydroxyl groups is 1. The molecule has 0 aromatic heterocycles. The molecule has 2 rings (SSSR count). The highest BCUT2D eigenvalue weighted by Crippen LogP contribution is 2.34. The van der Waals surface area contributed by atoms with Crippen molar-refractivity contribution in [2.75, 3.05) is 13.2 Å². The molecule has 1 aliphatic rings. The molecule has 1 aromatic carbocycles. The number of nitrogens with two attached hydrogens (primary N) is 1. The summed E-state index contributed by atoms with van der Waals surface area (Å²) in [5.74, 6) is -1.96. The second kappa shape index (κ2) is 6.31. The molecule has 0 aliphatic carbocycles. The van der Waals surface area contributed by atoms with Crippen molar-refractivity contribution in [1.29, 1.82) is 0 Å². The SMILES string of the molecule is Cl.N[C@H](c1c(O)cc(F)cc1F)C1CCOCC1. The van der Waals surface area contributed by atoms with Crippen LogP contribution in [0.15, 0.2) is 12.1 Å². The van der Waals surface area contributed by atoms with Crippen LogP contribution in [0.3, 0.4) is 0 Å². The average Bonchev–Trinajstić information content (AvgIpc) is 2.28. The molecule has 0 bridgehead atoms. The molecule has 102 valence electrons. The van der Waals surface area contributed by atoms with E-state index in [-0.39, 0.29) is 23.9 Å². The predicted molar refractivity (Wildman–Crippen MR) is 65.7 cm³/mol. The van der Waals surface area contributed by atoms with Crippen molar-refractivity contribution in [1.82, 2.24) is 0 Å². The average molecular weight is 280 g/mol. The summed E-state index contributed by atoms with van der Waals surface area (Å²) in [4.78, 5) is 0. The fourth-order valence-electron chi connectivity index (χ4n) is 2.21. The lowest BCUT2D eigenvalue weighted by Gasteiger charge is -2.28. The van der Waals surface area contributed by atoms with Crippen molar-refractivity contribution in [3.8, 4) is 5.75 Å². The van der Waals surface area contributed by atoms with Gasteiger partial charge in [-0.2, -0.15) is 0 Å². The van der Waals surface area contributed by atoms with E-state index in [1.807, 2.05) is 0 Å². The lowest BCUT2D eigenvalue weighted by Crippen LogP contribution is -2.28. The first-order valence-corrected chi connectivity index (χ1v) is 5.61. The van der Waals surface area contributed by atoms with Crippen molar-refractivity contribution >= 4 is 12.4 Å². The smallest absolute Gasteiger partial charge is 0.134 e. The van der Waals surface area contributed by atoms with E-state index in [1.54, 1.807) is 0 Å². The summed E-state index contributed by atoms with van der Waals surface area (Å²) in [5.41, 5.74) is 5.94. The van der Waals surface area contributed by atoms with Gasteiger partial charge in [0.2, 0.25) is 0 Å². The van der Waals surface area contributed by atoms with Gasteiger partial charge in [-0.25, -0.2) is 8.78 Å². The molecule has 0 saturated carbocycles. The quantitative estimate of drug-likeness (QED) is 0.875. The Labute approximate surface area is 110 Å². The van der Waals surface area contributed by atoms with Crippen molar-refractivity contribution < 1.29 is 18.6 Å². The van der Waals surface area contributed by atoms with Crippen molar-refractivity contribution in [2.24, 2.45) is 11.7 Å². The second-order valence-electron chi connectivity index (χ2n) is 4.30. The highest BCUT2D eigenvalue weighted by Gasteiger charge is 2.27. The van der Waals surface area contributed by atoms with Gasteiger partial charge in [-0.15, -0.1) is 12.4 Å². The van der Waals surface area contributed by atoms with E-state index in [9.17, 15) is 13.9 Å². The molecule has 1 fully saturated rings. The fourth-order valence-corrected chi connectivity index (χ4v) is 2.21. The van der Waals surface area contributed by atoms with Gasteiger partial charge >= 0.3 is 0 Å². The molecular formula is C12H16ClF2NO2. The maximum atomic E-state index is 13.6. The minimum atomic E-state index is -0.803. The molecular weight excluding hydrogens is 264 g/mol. The van der Waals surface area contributed by atoms with Crippen LogP contribution in [-0.2, 0) is 4.74 Å². The Hall–Kier alpha value is -0.910. The third kappa shape index (κ3) is 3.10. The van der Waals surface area contributed by atoms with E-state index >= 15 is 0 Å². The molecule has 18 heavy (non-hydrogen) atoms. The molecule has 0 spiro atoms. The van der Waals surface area contributed by atoms with Crippen LogP contribution in [0.25, 0.3) is 0 Å². The van der Waals surface area contributed by atoms with E-state index in [1.165, 1.54) is 0 Å². The van der Waals surface area contributed by atoms with Crippen LogP contribution in [0.5, 0.6) is 5.75 Å². The van der Waals surface area contributed by atoms with Gasteiger partial charge in [0, 0.05) is 37.0 Å². The van der Waals surface area contributed by atoms with Gasteiger partial charge in [0.15, 0.2) is 0 Å². The maximum absolute atomic E-state index is 13.6. The van der Waals surface area contributed by atoms with Crippen LogP contribution < -0.4 is 5.73 Å². The van der Waals surface area contributed by atoms with E-state index in [2.05, 4.69) is 0 Å². The summed E-state index contributed by atoms with van der Waals surface area (Å²) in [7, 11) is 0. The van der Waals surface area contributed by atoms with Crippen LogP contribution in [0.1, 0.15) is 24.4 Å². The summed E-state index contributed by atoms with van der Waals surface area (Å²) < 4.78 is 31.7. The van der Waals surface area contributed by atoms with E-state index < -0.39 is 23.4 Å². The van der Waals surface area contributed by atoms with Crippen LogP contribution in [-0.4, -0.2) is 18.3 Å². The summed E-state index contributed by atoms with van der Waals surface area (Å²) in [6.07, 6.45) is 1.44. The largest absolute Gasteiger partial charge is 0.507 e. The Balaban J connectivity index is 0.00000162.